The summed E-state index contributed by atoms with van der Waals surface area (Å²) in [4.78, 5) is 12.0. The number of amides is 1. The van der Waals surface area contributed by atoms with E-state index in [1.165, 1.54) is 0 Å². The van der Waals surface area contributed by atoms with E-state index in [1.54, 1.807) is 13.0 Å². The van der Waals surface area contributed by atoms with Crippen LogP contribution >= 0.6 is 11.6 Å². The third-order valence-electron chi connectivity index (χ3n) is 3.69. The number of hydrogen-bond acceptors (Lipinski definition) is 3. The van der Waals surface area contributed by atoms with Crippen LogP contribution in [0.4, 0.5) is 0 Å². The van der Waals surface area contributed by atoms with Gasteiger partial charge in [0.1, 0.15) is 5.75 Å². The maximum atomic E-state index is 12.0. The first-order valence-electron chi connectivity index (χ1n) is 6.77. The number of halogens is 1. The molecule has 0 heterocycles. The zero-order valence-electron chi connectivity index (χ0n) is 11.8. The number of aliphatic hydroxyl groups excluding tert-OH is 1. The van der Waals surface area contributed by atoms with Crippen molar-refractivity contribution >= 4 is 17.5 Å². The second-order valence-electron chi connectivity index (χ2n) is 5.57. The normalized spacial score (nSPS) is 17.4. The van der Waals surface area contributed by atoms with Crippen LogP contribution in [-0.4, -0.2) is 30.3 Å². The minimum Gasteiger partial charge on any atom is -0.479 e. The Labute approximate surface area is 124 Å². The van der Waals surface area contributed by atoms with Gasteiger partial charge in [-0.15, -0.1) is 0 Å². The van der Waals surface area contributed by atoms with Gasteiger partial charge in [0, 0.05) is 12.0 Å². The first-order chi connectivity index (χ1) is 9.46. The van der Waals surface area contributed by atoms with E-state index >= 15 is 0 Å². The third-order valence-corrected chi connectivity index (χ3v) is 4.00. The molecule has 1 unspecified atom stereocenters. The van der Waals surface area contributed by atoms with Crippen LogP contribution in [0.15, 0.2) is 18.2 Å². The highest BCUT2D eigenvalue weighted by Gasteiger charge is 2.42. The molecule has 5 heteroatoms. The molecule has 1 atom stereocenters. The van der Waals surface area contributed by atoms with Crippen molar-refractivity contribution in [2.45, 2.75) is 32.8 Å². The minimum atomic E-state index is -0.621. The largest absolute Gasteiger partial charge is 0.479 e. The molecule has 1 fully saturated rings. The molecule has 1 amide bonds. The Balaban J connectivity index is 1.89. The van der Waals surface area contributed by atoms with Crippen molar-refractivity contribution < 1.29 is 14.6 Å². The zero-order chi connectivity index (χ0) is 14.8. The van der Waals surface area contributed by atoms with Crippen LogP contribution in [-0.2, 0) is 4.79 Å². The van der Waals surface area contributed by atoms with E-state index in [0.717, 1.165) is 18.4 Å². The van der Waals surface area contributed by atoms with E-state index in [-0.39, 0.29) is 17.9 Å². The van der Waals surface area contributed by atoms with Crippen molar-refractivity contribution in [3.05, 3.63) is 28.8 Å². The Kier molecular flexibility index (Phi) is 4.55. The van der Waals surface area contributed by atoms with Crippen molar-refractivity contribution in [3.63, 3.8) is 0 Å². The van der Waals surface area contributed by atoms with Gasteiger partial charge in [0.15, 0.2) is 6.10 Å². The van der Waals surface area contributed by atoms with Crippen molar-refractivity contribution in [3.8, 4) is 5.75 Å². The molecule has 1 aliphatic rings. The highest BCUT2D eigenvalue weighted by molar-refractivity contribution is 6.32. The van der Waals surface area contributed by atoms with Gasteiger partial charge in [-0.1, -0.05) is 17.7 Å². The third kappa shape index (κ3) is 3.64. The summed E-state index contributed by atoms with van der Waals surface area (Å²) in [6, 6.07) is 5.45. The van der Waals surface area contributed by atoms with Gasteiger partial charge >= 0.3 is 0 Å². The molecule has 2 N–H and O–H groups in total. The van der Waals surface area contributed by atoms with Crippen LogP contribution in [0.3, 0.4) is 0 Å². The van der Waals surface area contributed by atoms with Crippen LogP contribution in [0.2, 0.25) is 5.02 Å². The molecule has 0 bridgehead atoms. The molecule has 0 aliphatic heterocycles. The summed E-state index contributed by atoms with van der Waals surface area (Å²) >= 11 is 6.04. The van der Waals surface area contributed by atoms with Crippen LogP contribution in [0.1, 0.15) is 25.3 Å². The molecule has 0 aromatic heterocycles. The summed E-state index contributed by atoms with van der Waals surface area (Å²) in [7, 11) is 0. The quantitative estimate of drug-likeness (QED) is 0.847. The van der Waals surface area contributed by atoms with Gasteiger partial charge in [0.2, 0.25) is 0 Å². The average molecular weight is 298 g/mol. The fourth-order valence-corrected chi connectivity index (χ4v) is 2.09. The van der Waals surface area contributed by atoms with E-state index in [9.17, 15) is 9.90 Å². The maximum Gasteiger partial charge on any atom is 0.260 e. The van der Waals surface area contributed by atoms with E-state index in [0.29, 0.717) is 17.3 Å². The standard InChI is InChI=1S/C15H20ClNO3/c1-10-3-4-12(16)13(7-10)20-11(2)14(19)17-8-15(9-18)5-6-15/h3-4,7,11,18H,5-6,8-9H2,1-2H3,(H,17,19). The lowest BCUT2D eigenvalue weighted by molar-refractivity contribution is -0.127. The van der Waals surface area contributed by atoms with E-state index in [4.69, 9.17) is 16.3 Å². The average Bonchev–Trinajstić information content (AvgIpc) is 3.21. The van der Waals surface area contributed by atoms with Gasteiger partial charge < -0.3 is 15.2 Å². The molecule has 1 aromatic rings. The summed E-state index contributed by atoms with van der Waals surface area (Å²) in [5, 5.41) is 12.5. The van der Waals surface area contributed by atoms with Crippen LogP contribution < -0.4 is 10.1 Å². The molecule has 1 aromatic carbocycles. The van der Waals surface area contributed by atoms with Gasteiger partial charge in [-0.3, -0.25) is 4.79 Å². The minimum absolute atomic E-state index is 0.101. The van der Waals surface area contributed by atoms with Gasteiger partial charge in [0.05, 0.1) is 11.6 Å². The monoisotopic (exact) mass is 297 g/mol. The van der Waals surface area contributed by atoms with Gasteiger partial charge in [-0.25, -0.2) is 0 Å². The topological polar surface area (TPSA) is 58.6 Å². The zero-order valence-corrected chi connectivity index (χ0v) is 12.5. The van der Waals surface area contributed by atoms with Crippen LogP contribution in [0, 0.1) is 12.3 Å². The molecule has 4 nitrogen and oxygen atoms in total. The molecule has 1 saturated carbocycles. The Morgan fingerprint density at radius 3 is 2.85 bits per heavy atom. The molecular weight excluding hydrogens is 278 g/mol. The lowest BCUT2D eigenvalue weighted by Gasteiger charge is -2.18. The molecule has 20 heavy (non-hydrogen) atoms. The number of carbonyl (C=O) groups is 1. The summed E-state index contributed by atoms with van der Waals surface area (Å²) in [5.74, 6) is 0.319. The van der Waals surface area contributed by atoms with Crippen LogP contribution in [0.5, 0.6) is 5.75 Å². The lowest BCUT2D eigenvalue weighted by Crippen LogP contribution is -2.40. The van der Waals surface area contributed by atoms with Crippen molar-refractivity contribution in [1.29, 1.82) is 0 Å². The molecule has 110 valence electrons. The van der Waals surface area contributed by atoms with E-state index in [1.807, 2.05) is 19.1 Å². The number of aryl methyl sites for hydroxylation is 1. The molecule has 0 spiro atoms. The summed E-state index contributed by atoms with van der Waals surface area (Å²) in [6.45, 7) is 4.24. The predicted octanol–water partition coefficient (Wildman–Crippen LogP) is 2.30. The Hall–Kier alpha value is -1.26. The number of rotatable bonds is 6. The molecule has 2 rings (SSSR count). The smallest absolute Gasteiger partial charge is 0.260 e. The van der Waals surface area contributed by atoms with Gasteiger partial charge in [-0.05, 0) is 44.4 Å². The van der Waals surface area contributed by atoms with Crippen molar-refractivity contribution in [1.82, 2.24) is 5.32 Å². The molecule has 0 saturated heterocycles. The van der Waals surface area contributed by atoms with E-state index in [2.05, 4.69) is 5.32 Å². The fourth-order valence-electron chi connectivity index (χ4n) is 1.93. The summed E-state index contributed by atoms with van der Waals surface area (Å²) in [5.41, 5.74) is 0.922. The highest BCUT2D eigenvalue weighted by Crippen LogP contribution is 2.44. The molecular formula is C15H20ClNO3. The Bertz CT molecular complexity index is 500. The summed E-state index contributed by atoms with van der Waals surface area (Å²) in [6.07, 6.45) is 1.30. The highest BCUT2D eigenvalue weighted by atomic mass is 35.5. The first-order valence-corrected chi connectivity index (χ1v) is 7.15. The SMILES string of the molecule is Cc1ccc(Cl)c(OC(C)C(=O)NCC2(CO)CC2)c1. The number of aliphatic hydroxyl groups is 1. The number of hydrogen-bond donors (Lipinski definition) is 2. The number of carbonyl (C=O) groups excluding carboxylic acids is 1. The molecule has 1 aliphatic carbocycles. The fraction of sp³-hybridized carbons (Fsp3) is 0.533. The number of nitrogens with one attached hydrogen (secondary N) is 1. The number of ether oxygens (including phenoxy) is 1. The van der Waals surface area contributed by atoms with Crippen molar-refractivity contribution in [2.75, 3.05) is 13.2 Å². The lowest BCUT2D eigenvalue weighted by atomic mass is 10.1. The summed E-state index contributed by atoms with van der Waals surface area (Å²) < 4.78 is 5.60. The van der Waals surface area contributed by atoms with Crippen LogP contribution in [0.25, 0.3) is 0 Å². The maximum absolute atomic E-state index is 12.0. The second kappa shape index (κ2) is 6.02. The Morgan fingerprint density at radius 2 is 2.25 bits per heavy atom. The van der Waals surface area contributed by atoms with Crippen molar-refractivity contribution in [2.24, 2.45) is 5.41 Å². The van der Waals surface area contributed by atoms with Gasteiger partial charge in [-0.2, -0.15) is 0 Å². The Morgan fingerprint density at radius 1 is 1.55 bits per heavy atom. The van der Waals surface area contributed by atoms with E-state index < -0.39 is 6.10 Å². The first kappa shape index (κ1) is 15.1. The van der Waals surface area contributed by atoms with Gasteiger partial charge in [0.25, 0.3) is 5.91 Å². The molecule has 0 radical (unpaired) electrons. The number of benzene rings is 1. The second-order valence-corrected chi connectivity index (χ2v) is 5.98. The predicted molar refractivity (Wildman–Crippen MR) is 78.0 cm³/mol.